The van der Waals surface area contributed by atoms with E-state index < -0.39 is 27.2 Å². The normalized spacial score (nSPS) is 16.1. The molecule has 0 N–H and O–H groups in total. The van der Waals surface area contributed by atoms with Crippen LogP contribution in [-0.4, -0.2) is 38.6 Å². The van der Waals surface area contributed by atoms with Crippen molar-refractivity contribution in [3.05, 3.63) is 12.7 Å². The van der Waals surface area contributed by atoms with Crippen molar-refractivity contribution in [1.82, 2.24) is 0 Å². The summed E-state index contributed by atoms with van der Waals surface area (Å²) in [5, 5.41) is 0. The van der Waals surface area contributed by atoms with E-state index in [1.807, 2.05) is 6.92 Å². The molecule has 0 rings (SSSR count). The molecule has 1 unspecified atom stereocenters. The van der Waals surface area contributed by atoms with Gasteiger partial charge < -0.3 is 13.5 Å². The van der Waals surface area contributed by atoms with Crippen molar-refractivity contribution in [1.29, 1.82) is 0 Å². The van der Waals surface area contributed by atoms with E-state index in [4.69, 9.17) is 13.5 Å². The Morgan fingerprint density at radius 3 is 1.92 bits per heavy atom. The Kier molecular flexibility index (Phi) is 11.4. The van der Waals surface area contributed by atoms with Gasteiger partial charge in [-0.2, -0.15) is 0 Å². The zero-order chi connectivity index (χ0) is 20.4. The molecular weight excluding hydrogens is 367 g/mol. The van der Waals surface area contributed by atoms with Gasteiger partial charge in [0.25, 0.3) is 0 Å². The summed E-state index contributed by atoms with van der Waals surface area (Å²) in [7, 11) is -5.24. The first kappa shape index (κ1) is 25.7. The number of rotatable bonds is 15. The average Bonchev–Trinajstić information content (AvgIpc) is 2.64. The topological polar surface area (TPSA) is 61.8 Å². The van der Waals surface area contributed by atoms with Gasteiger partial charge >= 0.3 is 7.60 Å². The third kappa shape index (κ3) is 7.04. The molecule has 0 saturated carbocycles. The standard InChI is InChI=1S/C19H39O5PSi/c1-9-19(8,24-26(12-4,13-5)14-6)16-15-18(20)17(7)25(21,22-10-2)23-11-3/h9,17H,1,10-16H2,2-8H3/t17?,19-/m0/s1. The Morgan fingerprint density at radius 1 is 1.12 bits per heavy atom. The van der Waals surface area contributed by atoms with Crippen LogP contribution in [0.5, 0.6) is 0 Å². The van der Waals surface area contributed by atoms with Crippen LogP contribution in [0.3, 0.4) is 0 Å². The third-order valence-corrected chi connectivity index (χ3v) is 12.5. The number of ketones is 1. The smallest absolute Gasteiger partial charge is 0.340 e. The van der Waals surface area contributed by atoms with E-state index in [0.717, 1.165) is 18.1 Å². The Balaban J connectivity index is 5.13. The van der Waals surface area contributed by atoms with Gasteiger partial charge in [-0.3, -0.25) is 9.36 Å². The molecule has 26 heavy (non-hydrogen) atoms. The molecule has 0 aromatic carbocycles. The van der Waals surface area contributed by atoms with E-state index >= 15 is 0 Å². The molecule has 7 heteroatoms. The van der Waals surface area contributed by atoms with Gasteiger partial charge in [0, 0.05) is 6.42 Å². The fourth-order valence-electron chi connectivity index (χ4n) is 3.03. The molecular formula is C19H39O5PSi. The highest BCUT2D eigenvalue weighted by molar-refractivity contribution is 7.55. The van der Waals surface area contributed by atoms with Crippen molar-refractivity contribution in [2.24, 2.45) is 0 Å². The Labute approximate surface area is 161 Å². The van der Waals surface area contributed by atoms with Gasteiger partial charge in [0.15, 0.2) is 8.32 Å². The quantitative estimate of drug-likeness (QED) is 0.191. The molecule has 0 radical (unpaired) electrons. The first-order valence-electron chi connectivity index (χ1n) is 9.86. The molecule has 0 aliphatic carbocycles. The van der Waals surface area contributed by atoms with Gasteiger partial charge in [-0.05, 0) is 52.2 Å². The number of Topliss-reactive ketones (excluding diaryl/α,β-unsaturated/α-hetero) is 1. The van der Waals surface area contributed by atoms with Gasteiger partial charge in [0.05, 0.1) is 18.8 Å². The molecule has 154 valence electrons. The van der Waals surface area contributed by atoms with Gasteiger partial charge in [-0.15, -0.1) is 6.58 Å². The van der Waals surface area contributed by atoms with E-state index in [1.165, 1.54) is 0 Å². The lowest BCUT2D eigenvalue weighted by Crippen LogP contribution is -2.45. The molecule has 0 amide bonds. The lowest BCUT2D eigenvalue weighted by molar-refractivity contribution is -0.119. The Bertz CT molecular complexity index is 474. The summed E-state index contributed by atoms with van der Waals surface area (Å²) < 4.78 is 30.0. The van der Waals surface area contributed by atoms with E-state index in [9.17, 15) is 9.36 Å². The second-order valence-electron chi connectivity index (χ2n) is 6.88. The summed E-state index contributed by atoms with van der Waals surface area (Å²) in [6.45, 7) is 18.1. The first-order valence-corrected chi connectivity index (χ1v) is 14.0. The van der Waals surface area contributed by atoms with Crippen LogP contribution in [0.2, 0.25) is 18.1 Å². The lowest BCUT2D eigenvalue weighted by atomic mass is 9.98. The lowest BCUT2D eigenvalue weighted by Gasteiger charge is -2.39. The summed E-state index contributed by atoms with van der Waals surface area (Å²) >= 11 is 0. The zero-order valence-corrected chi connectivity index (χ0v) is 19.7. The SMILES string of the molecule is C=C[C@@](C)(CCC(=O)C(C)P(=O)(OCC)OCC)O[Si](CC)(CC)CC. The van der Waals surface area contributed by atoms with Gasteiger partial charge in [-0.25, -0.2) is 0 Å². The highest BCUT2D eigenvalue weighted by Gasteiger charge is 2.40. The molecule has 5 nitrogen and oxygen atoms in total. The highest BCUT2D eigenvalue weighted by atomic mass is 31.2. The molecule has 0 spiro atoms. The Morgan fingerprint density at radius 2 is 1.58 bits per heavy atom. The maximum atomic E-state index is 12.8. The largest absolute Gasteiger partial charge is 0.408 e. The van der Waals surface area contributed by atoms with E-state index in [2.05, 4.69) is 27.4 Å². The molecule has 2 atom stereocenters. The maximum absolute atomic E-state index is 12.8. The second kappa shape index (κ2) is 11.6. The van der Waals surface area contributed by atoms with Crippen molar-refractivity contribution in [3.8, 4) is 0 Å². The minimum atomic E-state index is -3.42. The van der Waals surface area contributed by atoms with Crippen molar-refractivity contribution in [3.63, 3.8) is 0 Å². The molecule has 0 saturated heterocycles. The maximum Gasteiger partial charge on any atom is 0.340 e. The summed E-state index contributed by atoms with van der Waals surface area (Å²) in [5.74, 6) is -0.122. The average molecular weight is 407 g/mol. The molecule has 0 aliphatic rings. The number of hydrogen-bond acceptors (Lipinski definition) is 5. The van der Waals surface area contributed by atoms with Crippen molar-refractivity contribution >= 4 is 21.7 Å². The van der Waals surface area contributed by atoms with Crippen molar-refractivity contribution in [2.75, 3.05) is 13.2 Å². The van der Waals surface area contributed by atoms with Crippen LogP contribution in [0, 0.1) is 0 Å². The first-order chi connectivity index (χ1) is 12.1. The predicted octanol–water partition coefficient (Wildman–Crippen LogP) is 5.96. The number of carbonyl (C=O) groups is 1. The van der Waals surface area contributed by atoms with Gasteiger partial charge in [-0.1, -0.05) is 26.8 Å². The summed E-state index contributed by atoms with van der Waals surface area (Å²) in [6, 6.07) is 3.12. The van der Waals surface area contributed by atoms with Crippen LogP contribution < -0.4 is 0 Å². The molecule has 0 aromatic rings. The van der Waals surface area contributed by atoms with E-state index in [-0.39, 0.29) is 25.4 Å². The molecule has 0 aromatic heterocycles. The summed E-state index contributed by atoms with van der Waals surface area (Å²) in [5.41, 5.74) is -1.33. The number of hydrogen-bond donors (Lipinski definition) is 0. The molecule has 0 fully saturated rings. The minimum absolute atomic E-state index is 0.122. The van der Waals surface area contributed by atoms with Crippen LogP contribution in [0.25, 0.3) is 0 Å². The predicted molar refractivity (Wildman–Crippen MR) is 111 cm³/mol. The van der Waals surface area contributed by atoms with Crippen LogP contribution in [-0.2, 0) is 22.8 Å². The highest BCUT2D eigenvalue weighted by Crippen LogP contribution is 2.53. The van der Waals surface area contributed by atoms with Gasteiger partial charge in [0.2, 0.25) is 0 Å². The van der Waals surface area contributed by atoms with Crippen LogP contribution in [0.1, 0.15) is 61.3 Å². The van der Waals surface area contributed by atoms with Crippen molar-refractivity contribution < 1.29 is 22.8 Å². The number of carbonyl (C=O) groups excluding carboxylic acids is 1. The van der Waals surface area contributed by atoms with Crippen LogP contribution in [0.15, 0.2) is 12.7 Å². The van der Waals surface area contributed by atoms with Crippen LogP contribution >= 0.6 is 7.60 Å². The fraction of sp³-hybridized carbons (Fsp3) is 0.842. The summed E-state index contributed by atoms with van der Waals surface area (Å²) in [4.78, 5) is 12.7. The molecule has 0 heterocycles. The van der Waals surface area contributed by atoms with E-state index in [0.29, 0.717) is 6.42 Å². The van der Waals surface area contributed by atoms with E-state index in [1.54, 1.807) is 26.8 Å². The second-order valence-corrected chi connectivity index (χ2v) is 13.9. The fourth-order valence-corrected chi connectivity index (χ4v) is 7.86. The van der Waals surface area contributed by atoms with Gasteiger partial charge in [0.1, 0.15) is 11.4 Å². The molecule has 0 bridgehead atoms. The molecule has 0 aliphatic heterocycles. The van der Waals surface area contributed by atoms with Crippen LogP contribution in [0.4, 0.5) is 0 Å². The third-order valence-electron chi connectivity index (χ3n) is 5.24. The zero-order valence-electron chi connectivity index (χ0n) is 17.8. The minimum Gasteiger partial charge on any atom is -0.408 e. The monoisotopic (exact) mass is 406 g/mol. The summed E-state index contributed by atoms with van der Waals surface area (Å²) in [6.07, 6.45) is 2.58. The van der Waals surface area contributed by atoms with Crippen molar-refractivity contribution in [2.45, 2.75) is 90.7 Å². The Hall–Kier alpha value is -0.263.